The van der Waals surface area contributed by atoms with E-state index < -0.39 is 0 Å². The molecule has 0 aliphatic carbocycles. The predicted octanol–water partition coefficient (Wildman–Crippen LogP) is 4.52. The molecule has 1 aromatic carbocycles. The lowest BCUT2D eigenvalue weighted by Gasteiger charge is -2.04. The van der Waals surface area contributed by atoms with E-state index in [0.717, 1.165) is 6.42 Å². The second-order valence-electron chi connectivity index (χ2n) is 4.49. The smallest absolute Gasteiger partial charge is 0.148 e. The highest BCUT2D eigenvalue weighted by atomic mass is 32.2. The molecule has 0 unspecified atom stereocenters. The molecule has 0 N–H and O–H groups in total. The number of aryl methyl sites for hydroxylation is 2. The van der Waals surface area contributed by atoms with Gasteiger partial charge in [0.15, 0.2) is 0 Å². The number of carbonyl (C=O) groups excluding carboxylic acids is 1. The molecule has 0 atom stereocenters. The van der Waals surface area contributed by atoms with Gasteiger partial charge >= 0.3 is 0 Å². The van der Waals surface area contributed by atoms with Crippen molar-refractivity contribution >= 4 is 28.9 Å². The van der Waals surface area contributed by atoms with Gasteiger partial charge in [-0.3, -0.25) is 4.79 Å². The second-order valence-corrected chi connectivity index (χ2v) is 6.76. The fraction of sp³-hybridized carbons (Fsp3) is 0.312. The molecule has 0 bridgehead atoms. The Labute approximate surface area is 123 Å². The molecule has 0 aliphatic heterocycles. The number of rotatable bonds is 6. The van der Waals surface area contributed by atoms with E-state index in [4.69, 9.17) is 0 Å². The Kier molecular flexibility index (Phi) is 5.23. The summed E-state index contributed by atoms with van der Waals surface area (Å²) in [6.07, 6.45) is 1.63. The standard InChI is InChI=1S/C16H18OS2/c1-3-14-8-9-15(19-14)10-13(17)11-18-16-7-5-4-6-12(16)2/h4-9H,3,10-11H2,1-2H3. The number of thiophene rings is 1. The Bertz CT molecular complexity index is 557. The zero-order valence-electron chi connectivity index (χ0n) is 11.3. The summed E-state index contributed by atoms with van der Waals surface area (Å²) in [5, 5.41) is 0. The van der Waals surface area contributed by atoms with E-state index in [0.29, 0.717) is 18.0 Å². The number of benzene rings is 1. The minimum Gasteiger partial charge on any atom is -0.298 e. The van der Waals surface area contributed by atoms with E-state index >= 15 is 0 Å². The van der Waals surface area contributed by atoms with Gasteiger partial charge in [-0.15, -0.1) is 23.1 Å². The van der Waals surface area contributed by atoms with Gasteiger partial charge in [-0.2, -0.15) is 0 Å². The van der Waals surface area contributed by atoms with Crippen molar-refractivity contribution in [2.45, 2.75) is 31.6 Å². The van der Waals surface area contributed by atoms with Crippen LogP contribution in [-0.4, -0.2) is 11.5 Å². The molecule has 0 saturated carbocycles. The SMILES string of the molecule is CCc1ccc(CC(=O)CSc2ccccc2C)s1. The Morgan fingerprint density at radius 2 is 1.89 bits per heavy atom. The maximum atomic E-state index is 12.0. The monoisotopic (exact) mass is 290 g/mol. The molecule has 19 heavy (non-hydrogen) atoms. The summed E-state index contributed by atoms with van der Waals surface area (Å²) in [5.41, 5.74) is 1.24. The van der Waals surface area contributed by atoms with Gasteiger partial charge in [0, 0.05) is 21.1 Å². The van der Waals surface area contributed by atoms with Crippen LogP contribution in [0.1, 0.15) is 22.2 Å². The minimum atomic E-state index is 0.303. The van der Waals surface area contributed by atoms with E-state index in [2.05, 4.69) is 38.1 Å². The van der Waals surface area contributed by atoms with Crippen molar-refractivity contribution in [3.05, 3.63) is 51.7 Å². The van der Waals surface area contributed by atoms with Gasteiger partial charge in [-0.25, -0.2) is 0 Å². The molecule has 1 heterocycles. The third-order valence-corrected chi connectivity index (χ3v) is 5.38. The summed E-state index contributed by atoms with van der Waals surface area (Å²) in [5.74, 6) is 0.863. The Balaban J connectivity index is 1.86. The van der Waals surface area contributed by atoms with E-state index in [1.807, 2.05) is 12.1 Å². The molecule has 0 amide bonds. The van der Waals surface area contributed by atoms with Gasteiger partial charge in [0.05, 0.1) is 5.75 Å². The molecule has 1 nitrogen and oxygen atoms in total. The van der Waals surface area contributed by atoms with Gasteiger partial charge in [-0.05, 0) is 37.1 Å². The second kappa shape index (κ2) is 6.92. The van der Waals surface area contributed by atoms with Crippen LogP contribution in [-0.2, 0) is 17.6 Å². The molecule has 0 spiro atoms. The van der Waals surface area contributed by atoms with Crippen LogP contribution in [0.5, 0.6) is 0 Å². The van der Waals surface area contributed by atoms with Crippen LogP contribution in [0, 0.1) is 6.92 Å². The van der Waals surface area contributed by atoms with E-state index in [1.54, 1.807) is 23.1 Å². The topological polar surface area (TPSA) is 17.1 Å². The number of Topliss-reactive ketones (excluding diaryl/α,β-unsaturated/α-hetero) is 1. The van der Waals surface area contributed by atoms with Crippen LogP contribution in [0.3, 0.4) is 0 Å². The maximum Gasteiger partial charge on any atom is 0.148 e. The van der Waals surface area contributed by atoms with Crippen LogP contribution in [0.4, 0.5) is 0 Å². The molecular formula is C16H18OS2. The molecule has 0 aliphatic rings. The van der Waals surface area contributed by atoms with Gasteiger partial charge in [0.1, 0.15) is 5.78 Å². The van der Waals surface area contributed by atoms with Crippen LogP contribution >= 0.6 is 23.1 Å². The quantitative estimate of drug-likeness (QED) is 0.727. The van der Waals surface area contributed by atoms with Crippen molar-refractivity contribution in [2.24, 2.45) is 0 Å². The normalized spacial score (nSPS) is 10.6. The van der Waals surface area contributed by atoms with Gasteiger partial charge < -0.3 is 0 Å². The highest BCUT2D eigenvalue weighted by Gasteiger charge is 2.08. The summed E-state index contributed by atoms with van der Waals surface area (Å²) in [6.45, 7) is 4.23. The van der Waals surface area contributed by atoms with E-state index in [1.165, 1.54) is 20.2 Å². The van der Waals surface area contributed by atoms with Crippen molar-refractivity contribution in [1.29, 1.82) is 0 Å². The molecule has 2 aromatic rings. The van der Waals surface area contributed by atoms with Gasteiger partial charge in [0.25, 0.3) is 0 Å². The Hall–Kier alpha value is -1.06. The summed E-state index contributed by atoms with van der Waals surface area (Å²) in [4.78, 5) is 15.7. The Morgan fingerprint density at radius 3 is 2.58 bits per heavy atom. The predicted molar refractivity (Wildman–Crippen MR) is 84.3 cm³/mol. The lowest BCUT2D eigenvalue weighted by Crippen LogP contribution is -2.04. The number of thioether (sulfide) groups is 1. The number of hydrogen-bond donors (Lipinski definition) is 0. The molecule has 3 heteroatoms. The Morgan fingerprint density at radius 1 is 1.16 bits per heavy atom. The van der Waals surface area contributed by atoms with Crippen molar-refractivity contribution in [1.82, 2.24) is 0 Å². The fourth-order valence-corrected chi connectivity index (χ4v) is 3.70. The number of carbonyl (C=O) groups is 1. The summed E-state index contributed by atoms with van der Waals surface area (Å²) in [7, 11) is 0. The number of hydrogen-bond acceptors (Lipinski definition) is 3. The fourth-order valence-electron chi connectivity index (χ4n) is 1.83. The minimum absolute atomic E-state index is 0.303. The van der Waals surface area contributed by atoms with E-state index in [9.17, 15) is 4.79 Å². The molecule has 100 valence electrons. The highest BCUT2D eigenvalue weighted by Crippen LogP contribution is 2.23. The summed E-state index contributed by atoms with van der Waals surface area (Å²) in [6, 6.07) is 12.4. The largest absolute Gasteiger partial charge is 0.298 e. The molecule has 0 radical (unpaired) electrons. The molecule has 2 rings (SSSR count). The average Bonchev–Trinajstić information content (AvgIpc) is 2.85. The van der Waals surface area contributed by atoms with Crippen LogP contribution in [0.2, 0.25) is 0 Å². The molecular weight excluding hydrogens is 272 g/mol. The first-order valence-electron chi connectivity index (χ1n) is 6.46. The lowest BCUT2D eigenvalue weighted by atomic mass is 10.2. The van der Waals surface area contributed by atoms with Crippen LogP contribution < -0.4 is 0 Å². The zero-order chi connectivity index (χ0) is 13.7. The van der Waals surface area contributed by atoms with Crippen molar-refractivity contribution in [3.8, 4) is 0 Å². The van der Waals surface area contributed by atoms with Crippen molar-refractivity contribution in [3.63, 3.8) is 0 Å². The first kappa shape index (κ1) is 14.4. The highest BCUT2D eigenvalue weighted by molar-refractivity contribution is 8.00. The summed E-state index contributed by atoms with van der Waals surface area (Å²) >= 11 is 3.40. The first-order valence-corrected chi connectivity index (χ1v) is 8.27. The number of ketones is 1. The van der Waals surface area contributed by atoms with Crippen molar-refractivity contribution in [2.75, 3.05) is 5.75 Å². The molecule has 0 fully saturated rings. The molecule has 1 aromatic heterocycles. The van der Waals surface area contributed by atoms with Gasteiger partial charge in [0.2, 0.25) is 0 Å². The maximum absolute atomic E-state index is 12.0. The lowest BCUT2D eigenvalue weighted by molar-refractivity contribution is -0.115. The third-order valence-electron chi connectivity index (χ3n) is 2.92. The van der Waals surface area contributed by atoms with Crippen LogP contribution in [0.15, 0.2) is 41.3 Å². The van der Waals surface area contributed by atoms with Crippen LogP contribution in [0.25, 0.3) is 0 Å². The zero-order valence-corrected chi connectivity index (χ0v) is 12.9. The van der Waals surface area contributed by atoms with Gasteiger partial charge in [-0.1, -0.05) is 25.1 Å². The average molecular weight is 290 g/mol. The summed E-state index contributed by atoms with van der Waals surface area (Å²) < 4.78 is 0. The third kappa shape index (κ3) is 4.22. The van der Waals surface area contributed by atoms with E-state index in [-0.39, 0.29) is 0 Å². The first-order chi connectivity index (χ1) is 9.19. The molecule has 0 saturated heterocycles. The van der Waals surface area contributed by atoms with Crippen molar-refractivity contribution < 1.29 is 4.79 Å².